The van der Waals surface area contributed by atoms with Crippen molar-refractivity contribution in [3.63, 3.8) is 0 Å². The highest BCUT2D eigenvalue weighted by molar-refractivity contribution is 6.30. The van der Waals surface area contributed by atoms with Gasteiger partial charge in [0.25, 0.3) is 0 Å². The topological polar surface area (TPSA) is 56.7 Å². The van der Waals surface area contributed by atoms with Gasteiger partial charge in [-0.25, -0.2) is 0 Å². The number of aryl methyl sites for hydroxylation is 1. The third kappa shape index (κ3) is 2.96. The minimum Gasteiger partial charge on any atom is -0.324 e. The molecule has 0 radical (unpaired) electrons. The van der Waals surface area contributed by atoms with Crippen molar-refractivity contribution >= 4 is 11.6 Å². The van der Waals surface area contributed by atoms with Gasteiger partial charge in [0.2, 0.25) is 0 Å². The predicted octanol–water partition coefficient (Wildman–Crippen LogP) is 3.02. The van der Waals surface area contributed by atoms with Crippen LogP contribution in [0.3, 0.4) is 0 Å². The van der Waals surface area contributed by atoms with Crippen LogP contribution in [-0.2, 0) is 13.1 Å². The second-order valence-corrected chi connectivity index (χ2v) is 5.54. The second kappa shape index (κ2) is 5.72. The summed E-state index contributed by atoms with van der Waals surface area (Å²) >= 11 is 6.00. The molecule has 4 nitrogen and oxygen atoms in total. The highest BCUT2D eigenvalue weighted by Gasteiger charge is 2.15. The Morgan fingerprint density at radius 1 is 1.32 bits per heavy atom. The zero-order valence-electron chi connectivity index (χ0n) is 11.5. The van der Waals surface area contributed by atoms with Crippen LogP contribution in [0.15, 0.2) is 18.2 Å². The summed E-state index contributed by atoms with van der Waals surface area (Å²) in [5.41, 5.74) is 7.88. The molecular weight excluding hydrogens is 260 g/mol. The molecule has 5 heteroatoms. The minimum absolute atomic E-state index is 0.395. The maximum absolute atomic E-state index is 6.00. The Kier molecular flexibility index (Phi) is 4.22. The molecule has 0 aliphatic carbocycles. The van der Waals surface area contributed by atoms with Gasteiger partial charge in [0.05, 0.1) is 6.54 Å². The summed E-state index contributed by atoms with van der Waals surface area (Å²) in [6, 6.07) is 5.80. The van der Waals surface area contributed by atoms with Gasteiger partial charge >= 0.3 is 0 Å². The Morgan fingerprint density at radius 3 is 2.63 bits per heavy atom. The van der Waals surface area contributed by atoms with Crippen LogP contribution in [-0.4, -0.2) is 14.8 Å². The van der Waals surface area contributed by atoms with Crippen LogP contribution >= 0.6 is 11.6 Å². The fourth-order valence-corrected chi connectivity index (χ4v) is 2.35. The highest BCUT2D eigenvalue weighted by Crippen LogP contribution is 2.25. The van der Waals surface area contributed by atoms with Crippen molar-refractivity contribution in [2.24, 2.45) is 11.7 Å². The van der Waals surface area contributed by atoms with Gasteiger partial charge in [-0.3, -0.25) is 0 Å². The van der Waals surface area contributed by atoms with E-state index in [4.69, 9.17) is 17.3 Å². The van der Waals surface area contributed by atoms with Crippen molar-refractivity contribution in [1.82, 2.24) is 14.8 Å². The molecule has 0 amide bonds. The maximum Gasteiger partial charge on any atom is 0.164 e. The lowest BCUT2D eigenvalue weighted by molar-refractivity contribution is 0.510. The van der Waals surface area contributed by atoms with E-state index in [2.05, 4.69) is 28.6 Å². The Labute approximate surface area is 118 Å². The molecule has 2 aromatic rings. The normalized spacial score (nSPS) is 11.3. The molecule has 0 bridgehead atoms. The first-order valence-corrected chi connectivity index (χ1v) is 6.79. The number of nitrogens with zero attached hydrogens (tertiary/aromatic N) is 3. The van der Waals surface area contributed by atoms with Gasteiger partial charge in [-0.1, -0.05) is 25.4 Å². The summed E-state index contributed by atoms with van der Waals surface area (Å²) in [4.78, 5) is 0. The van der Waals surface area contributed by atoms with Crippen LogP contribution in [0.4, 0.5) is 0 Å². The summed E-state index contributed by atoms with van der Waals surface area (Å²) in [6.45, 7) is 7.61. The molecule has 2 rings (SSSR count). The van der Waals surface area contributed by atoms with E-state index in [1.807, 2.05) is 25.1 Å². The molecule has 0 atom stereocenters. The molecule has 1 heterocycles. The van der Waals surface area contributed by atoms with E-state index >= 15 is 0 Å². The lowest BCUT2D eigenvalue weighted by atomic mass is 10.1. The smallest absolute Gasteiger partial charge is 0.164 e. The van der Waals surface area contributed by atoms with E-state index in [9.17, 15) is 0 Å². The number of benzene rings is 1. The molecule has 0 aliphatic heterocycles. The molecular formula is C14H19ClN4. The van der Waals surface area contributed by atoms with Crippen LogP contribution < -0.4 is 5.73 Å². The molecule has 0 unspecified atom stereocenters. The number of rotatable bonds is 4. The Hall–Kier alpha value is -1.39. The number of hydrogen-bond acceptors (Lipinski definition) is 3. The van der Waals surface area contributed by atoms with Crippen molar-refractivity contribution in [2.45, 2.75) is 33.9 Å². The monoisotopic (exact) mass is 278 g/mol. The zero-order chi connectivity index (χ0) is 14.0. The van der Waals surface area contributed by atoms with Crippen molar-refractivity contribution in [1.29, 1.82) is 0 Å². The number of aromatic nitrogens is 3. The summed E-state index contributed by atoms with van der Waals surface area (Å²) < 4.78 is 2.10. The van der Waals surface area contributed by atoms with Crippen LogP contribution in [0, 0.1) is 12.8 Å². The molecule has 1 aromatic heterocycles. The molecule has 0 saturated carbocycles. The van der Waals surface area contributed by atoms with Crippen molar-refractivity contribution in [3.05, 3.63) is 34.6 Å². The average Bonchev–Trinajstić information content (AvgIpc) is 2.71. The van der Waals surface area contributed by atoms with Gasteiger partial charge in [0.1, 0.15) is 5.82 Å². The standard InChI is InChI=1S/C14H19ClN4/c1-9(2)8-19-13(7-16)17-18-14(19)12-5-4-11(15)6-10(12)3/h4-6,9H,7-8,16H2,1-3H3. The molecule has 102 valence electrons. The Morgan fingerprint density at radius 2 is 2.05 bits per heavy atom. The van der Waals surface area contributed by atoms with Gasteiger partial charge < -0.3 is 10.3 Å². The first-order chi connectivity index (χ1) is 9.02. The second-order valence-electron chi connectivity index (χ2n) is 5.11. The van der Waals surface area contributed by atoms with E-state index in [1.54, 1.807) is 0 Å². The fourth-order valence-electron chi connectivity index (χ4n) is 2.12. The molecule has 1 aromatic carbocycles. The summed E-state index contributed by atoms with van der Waals surface area (Å²) in [6.07, 6.45) is 0. The Bertz CT molecular complexity index is 575. The SMILES string of the molecule is Cc1cc(Cl)ccc1-c1nnc(CN)n1CC(C)C. The highest BCUT2D eigenvalue weighted by atomic mass is 35.5. The summed E-state index contributed by atoms with van der Waals surface area (Å²) in [7, 11) is 0. The zero-order valence-corrected chi connectivity index (χ0v) is 12.3. The lowest BCUT2D eigenvalue weighted by Gasteiger charge is -2.13. The van der Waals surface area contributed by atoms with Crippen molar-refractivity contribution in [2.75, 3.05) is 0 Å². The lowest BCUT2D eigenvalue weighted by Crippen LogP contribution is -2.13. The fraction of sp³-hybridized carbons (Fsp3) is 0.429. The molecule has 19 heavy (non-hydrogen) atoms. The van der Waals surface area contributed by atoms with Crippen molar-refractivity contribution < 1.29 is 0 Å². The van der Waals surface area contributed by atoms with Gasteiger partial charge in [-0.05, 0) is 36.6 Å². The number of hydrogen-bond donors (Lipinski definition) is 1. The van der Waals surface area contributed by atoms with Gasteiger partial charge in [-0.2, -0.15) is 0 Å². The van der Waals surface area contributed by atoms with Crippen molar-refractivity contribution in [3.8, 4) is 11.4 Å². The maximum atomic E-state index is 6.00. The average molecular weight is 279 g/mol. The predicted molar refractivity (Wildman–Crippen MR) is 77.9 cm³/mol. The van der Waals surface area contributed by atoms with Gasteiger partial charge in [0, 0.05) is 17.1 Å². The molecule has 0 aliphatic rings. The van der Waals surface area contributed by atoms with Crippen LogP contribution in [0.2, 0.25) is 5.02 Å². The molecule has 0 saturated heterocycles. The summed E-state index contributed by atoms with van der Waals surface area (Å²) in [5.74, 6) is 2.19. The first kappa shape index (κ1) is 14.0. The van der Waals surface area contributed by atoms with E-state index in [1.165, 1.54) is 0 Å². The quantitative estimate of drug-likeness (QED) is 0.935. The summed E-state index contributed by atoms with van der Waals surface area (Å²) in [5, 5.41) is 9.20. The third-order valence-corrected chi connectivity index (χ3v) is 3.22. The molecule has 2 N–H and O–H groups in total. The van der Waals surface area contributed by atoms with Crippen LogP contribution in [0.5, 0.6) is 0 Å². The molecule has 0 fully saturated rings. The van der Waals surface area contributed by atoms with E-state index < -0.39 is 0 Å². The van der Waals surface area contributed by atoms with E-state index in [-0.39, 0.29) is 0 Å². The largest absolute Gasteiger partial charge is 0.324 e. The van der Waals surface area contributed by atoms with Crippen LogP contribution in [0.25, 0.3) is 11.4 Å². The van der Waals surface area contributed by atoms with E-state index in [0.717, 1.165) is 34.3 Å². The number of halogens is 1. The number of nitrogens with two attached hydrogens (primary N) is 1. The van der Waals surface area contributed by atoms with Gasteiger partial charge in [0.15, 0.2) is 5.82 Å². The Balaban J connectivity index is 2.52. The molecule has 0 spiro atoms. The van der Waals surface area contributed by atoms with Gasteiger partial charge in [-0.15, -0.1) is 10.2 Å². The van der Waals surface area contributed by atoms with Crippen LogP contribution in [0.1, 0.15) is 25.2 Å². The third-order valence-electron chi connectivity index (χ3n) is 2.99. The first-order valence-electron chi connectivity index (χ1n) is 6.41. The minimum atomic E-state index is 0.395. The van der Waals surface area contributed by atoms with E-state index in [0.29, 0.717) is 12.5 Å².